The van der Waals surface area contributed by atoms with Crippen molar-refractivity contribution in [3.05, 3.63) is 29.0 Å². The number of aromatic amines is 1. The monoisotopic (exact) mass is 350 g/mol. The van der Waals surface area contributed by atoms with Crippen LogP contribution in [-0.2, 0) is 11.3 Å². The Kier molecular flexibility index (Phi) is 5.58. The van der Waals surface area contributed by atoms with Crippen molar-refractivity contribution in [1.29, 1.82) is 0 Å². The number of halogens is 1. The molecule has 2 amide bonds. The van der Waals surface area contributed by atoms with Gasteiger partial charge in [0.1, 0.15) is 5.82 Å². The van der Waals surface area contributed by atoms with Gasteiger partial charge in [0.05, 0.1) is 23.7 Å². The van der Waals surface area contributed by atoms with Gasteiger partial charge in [-0.15, -0.1) is 0 Å². The van der Waals surface area contributed by atoms with Crippen molar-refractivity contribution in [3.8, 4) is 0 Å². The molecule has 2 aromatic rings. The number of H-pyrrole nitrogens is 1. The molecule has 0 bridgehead atoms. The van der Waals surface area contributed by atoms with Gasteiger partial charge in [-0.3, -0.25) is 0 Å². The summed E-state index contributed by atoms with van der Waals surface area (Å²) in [5.74, 6) is 0.716. The molecule has 1 fully saturated rings. The van der Waals surface area contributed by atoms with E-state index >= 15 is 0 Å². The second kappa shape index (κ2) is 7.85. The van der Waals surface area contributed by atoms with Gasteiger partial charge >= 0.3 is 6.03 Å². The zero-order valence-electron chi connectivity index (χ0n) is 13.8. The third-order valence-electron chi connectivity index (χ3n) is 4.29. The van der Waals surface area contributed by atoms with Crippen molar-refractivity contribution in [2.45, 2.75) is 38.3 Å². The molecule has 2 heterocycles. The Morgan fingerprint density at radius 2 is 2.42 bits per heavy atom. The minimum Gasteiger partial charge on any atom is -0.378 e. The van der Waals surface area contributed by atoms with Crippen molar-refractivity contribution < 1.29 is 9.53 Å². The van der Waals surface area contributed by atoms with Gasteiger partial charge in [-0.1, -0.05) is 11.6 Å². The van der Waals surface area contributed by atoms with Gasteiger partial charge in [-0.2, -0.15) is 0 Å². The maximum absolute atomic E-state index is 12.1. The van der Waals surface area contributed by atoms with E-state index in [0.717, 1.165) is 49.9 Å². The first-order valence-corrected chi connectivity index (χ1v) is 8.74. The maximum atomic E-state index is 12.1. The van der Waals surface area contributed by atoms with Crippen molar-refractivity contribution in [2.24, 2.45) is 0 Å². The minimum absolute atomic E-state index is 0.0965. The molecule has 1 atom stereocenters. The summed E-state index contributed by atoms with van der Waals surface area (Å²) in [5, 5.41) is 3.54. The number of nitrogens with one attached hydrogen (secondary N) is 2. The van der Waals surface area contributed by atoms with E-state index in [-0.39, 0.29) is 6.03 Å². The van der Waals surface area contributed by atoms with Crippen molar-refractivity contribution in [2.75, 3.05) is 20.2 Å². The van der Waals surface area contributed by atoms with E-state index in [0.29, 0.717) is 23.5 Å². The Balaban J connectivity index is 1.43. The van der Waals surface area contributed by atoms with Gasteiger partial charge in [0.2, 0.25) is 0 Å². The second-order valence-corrected chi connectivity index (χ2v) is 6.64. The fourth-order valence-corrected chi connectivity index (χ4v) is 3.11. The summed E-state index contributed by atoms with van der Waals surface area (Å²) in [5.41, 5.74) is 1.71. The smallest absolute Gasteiger partial charge is 0.317 e. The summed E-state index contributed by atoms with van der Waals surface area (Å²) in [4.78, 5) is 21.4. The van der Waals surface area contributed by atoms with Gasteiger partial charge in [-0.25, -0.2) is 9.78 Å². The number of hydrogen-bond acceptors (Lipinski definition) is 3. The van der Waals surface area contributed by atoms with Crippen LogP contribution in [-0.4, -0.2) is 47.2 Å². The number of hydrogen-bond donors (Lipinski definition) is 2. The molecule has 1 aromatic carbocycles. The van der Waals surface area contributed by atoms with Gasteiger partial charge < -0.3 is 19.9 Å². The van der Waals surface area contributed by atoms with Crippen LogP contribution in [0.5, 0.6) is 0 Å². The van der Waals surface area contributed by atoms with E-state index in [1.54, 1.807) is 11.0 Å². The molecule has 6 nitrogen and oxygen atoms in total. The number of carbonyl (C=O) groups excluding carboxylic acids is 1. The highest BCUT2D eigenvalue weighted by Crippen LogP contribution is 2.18. The van der Waals surface area contributed by atoms with E-state index in [1.165, 1.54) is 0 Å². The van der Waals surface area contributed by atoms with E-state index in [9.17, 15) is 4.79 Å². The molecular formula is C17H23ClN4O2. The Morgan fingerprint density at radius 3 is 3.21 bits per heavy atom. The summed E-state index contributed by atoms with van der Waals surface area (Å²) in [6.45, 7) is 1.96. The molecule has 24 heavy (non-hydrogen) atoms. The molecule has 7 heteroatoms. The quantitative estimate of drug-likeness (QED) is 0.839. The van der Waals surface area contributed by atoms with Crippen LogP contribution in [0.3, 0.4) is 0 Å². The number of amides is 2. The van der Waals surface area contributed by atoms with Gasteiger partial charge in [0.15, 0.2) is 0 Å². The molecular weight excluding hydrogens is 328 g/mol. The fraction of sp³-hybridized carbons (Fsp3) is 0.529. The molecule has 0 unspecified atom stereocenters. The maximum Gasteiger partial charge on any atom is 0.317 e. The van der Waals surface area contributed by atoms with Crippen molar-refractivity contribution >= 4 is 28.7 Å². The number of benzene rings is 1. The lowest BCUT2D eigenvalue weighted by molar-refractivity contribution is 0.100. The third kappa shape index (κ3) is 4.39. The molecule has 1 saturated heterocycles. The Hall–Kier alpha value is -1.79. The predicted octanol–water partition coefficient (Wildman–Crippen LogP) is 3.32. The van der Waals surface area contributed by atoms with Gasteiger partial charge in [0.25, 0.3) is 0 Å². The number of aromatic nitrogens is 2. The summed E-state index contributed by atoms with van der Waals surface area (Å²) in [7, 11) is 1.81. The number of imidazole rings is 1. The van der Waals surface area contributed by atoms with Crippen LogP contribution in [0, 0.1) is 0 Å². The van der Waals surface area contributed by atoms with Crippen molar-refractivity contribution in [1.82, 2.24) is 20.2 Å². The predicted molar refractivity (Wildman–Crippen MR) is 94.2 cm³/mol. The second-order valence-electron chi connectivity index (χ2n) is 6.20. The molecule has 0 radical (unpaired) electrons. The molecule has 2 N–H and O–H groups in total. The molecule has 1 aliphatic rings. The first-order chi connectivity index (χ1) is 11.6. The highest BCUT2D eigenvalue weighted by Gasteiger charge is 2.16. The highest BCUT2D eigenvalue weighted by atomic mass is 35.5. The lowest BCUT2D eigenvalue weighted by atomic mass is 10.1. The van der Waals surface area contributed by atoms with E-state index < -0.39 is 0 Å². The van der Waals surface area contributed by atoms with E-state index in [2.05, 4.69) is 15.3 Å². The highest BCUT2D eigenvalue weighted by molar-refractivity contribution is 6.31. The summed E-state index contributed by atoms with van der Waals surface area (Å²) in [6.07, 6.45) is 4.65. The van der Waals surface area contributed by atoms with Crippen LogP contribution < -0.4 is 5.32 Å². The van der Waals surface area contributed by atoms with Crippen LogP contribution in [0.2, 0.25) is 5.02 Å². The Labute approximate surface area is 146 Å². The molecule has 0 aliphatic carbocycles. The molecule has 0 saturated carbocycles. The molecule has 1 aromatic heterocycles. The zero-order valence-corrected chi connectivity index (χ0v) is 14.6. The van der Waals surface area contributed by atoms with Crippen LogP contribution in [0.4, 0.5) is 4.79 Å². The van der Waals surface area contributed by atoms with E-state index in [1.807, 2.05) is 19.2 Å². The first-order valence-electron chi connectivity index (χ1n) is 8.36. The lowest BCUT2D eigenvalue weighted by Gasteiger charge is -2.18. The Bertz CT molecular complexity index is 697. The number of carbonyl (C=O) groups is 1. The normalized spacial score (nSPS) is 17.3. The topological polar surface area (TPSA) is 70.2 Å². The van der Waals surface area contributed by atoms with Crippen molar-refractivity contribution in [3.63, 3.8) is 0 Å². The third-order valence-corrected chi connectivity index (χ3v) is 4.53. The Morgan fingerprint density at radius 1 is 1.54 bits per heavy atom. The van der Waals surface area contributed by atoms with Crippen LogP contribution in [0.1, 0.15) is 31.5 Å². The number of nitrogens with zero attached hydrogens (tertiary/aromatic N) is 2. The standard InChI is InChI=1S/C17H23ClN4O2/c1-22(8-2-4-13-5-3-9-24-13)17(23)19-11-16-20-14-7-6-12(18)10-15(14)21-16/h6-7,10,13H,2-5,8-9,11H2,1H3,(H,19,23)(H,20,21)/t13-/m1/s1. The fourth-order valence-electron chi connectivity index (χ4n) is 2.94. The summed E-state index contributed by atoms with van der Waals surface area (Å²) in [6, 6.07) is 5.39. The molecule has 1 aliphatic heterocycles. The zero-order chi connectivity index (χ0) is 16.9. The average Bonchev–Trinajstić information content (AvgIpc) is 3.21. The largest absolute Gasteiger partial charge is 0.378 e. The molecule has 0 spiro atoms. The average molecular weight is 351 g/mol. The number of urea groups is 1. The van der Waals surface area contributed by atoms with Crippen LogP contribution in [0.15, 0.2) is 18.2 Å². The number of fused-ring (bicyclic) bond motifs is 1. The van der Waals surface area contributed by atoms with E-state index in [4.69, 9.17) is 16.3 Å². The van der Waals surface area contributed by atoms with Crippen LogP contribution in [0.25, 0.3) is 11.0 Å². The summed E-state index contributed by atoms with van der Waals surface area (Å²) >= 11 is 5.96. The summed E-state index contributed by atoms with van der Waals surface area (Å²) < 4.78 is 5.60. The van der Waals surface area contributed by atoms with Gasteiger partial charge in [-0.05, 0) is 43.9 Å². The lowest BCUT2D eigenvalue weighted by Crippen LogP contribution is -2.37. The first kappa shape index (κ1) is 17.0. The number of rotatable bonds is 6. The molecule has 3 rings (SSSR count). The van der Waals surface area contributed by atoms with Gasteiger partial charge in [0, 0.05) is 25.2 Å². The number of ether oxygens (including phenoxy) is 1. The van der Waals surface area contributed by atoms with Crippen LogP contribution >= 0.6 is 11.6 Å². The SMILES string of the molecule is CN(CCC[C@@H]1CCCO1)C(=O)NCc1nc2ccc(Cl)cc2[nH]1. The molecule has 130 valence electrons. The minimum atomic E-state index is -0.0965.